The summed E-state index contributed by atoms with van der Waals surface area (Å²) in [5, 5.41) is 0. The molecule has 0 aliphatic carbocycles. The number of unbranched alkanes of at least 4 members (excludes halogenated alkanes) is 6. The molecule has 0 aliphatic rings. The number of alkyl halides is 3. The second kappa shape index (κ2) is 11.9. The van der Waals surface area contributed by atoms with Crippen molar-refractivity contribution >= 4 is 0 Å². The first-order chi connectivity index (χ1) is 10.4. The Labute approximate surface area is 133 Å². The molecule has 0 spiro atoms. The van der Waals surface area contributed by atoms with E-state index in [1.807, 2.05) is 0 Å². The van der Waals surface area contributed by atoms with Gasteiger partial charge in [0.2, 0.25) is 0 Å². The van der Waals surface area contributed by atoms with Crippen LogP contribution in [0, 0.1) is 0 Å². The van der Waals surface area contributed by atoms with Gasteiger partial charge in [0.1, 0.15) is 0 Å². The normalized spacial score (nSPS) is 13.2. The average Bonchev–Trinajstić information content (AvgIpc) is 2.48. The molecule has 0 aromatic heterocycles. The smallest absolute Gasteiger partial charge is 0.350 e. The monoisotopic (exact) mass is 324 g/mol. The van der Waals surface area contributed by atoms with Crippen LogP contribution in [0.5, 0.6) is 0 Å². The molecule has 2 nitrogen and oxygen atoms in total. The van der Waals surface area contributed by atoms with E-state index in [1.54, 1.807) is 6.08 Å². The molecule has 0 aromatic rings. The number of allylic oxidation sites excluding steroid dienone is 1. The maximum atomic E-state index is 12.1. The van der Waals surface area contributed by atoms with E-state index in [1.165, 1.54) is 52.4 Å². The van der Waals surface area contributed by atoms with E-state index in [0.717, 1.165) is 12.8 Å². The summed E-state index contributed by atoms with van der Waals surface area (Å²) in [5.74, 6) is -0.894. The van der Waals surface area contributed by atoms with Crippen molar-refractivity contribution in [1.29, 1.82) is 0 Å². The van der Waals surface area contributed by atoms with Gasteiger partial charge >= 0.3 is 6.18 Å². The fraction of sp³-hybridized carbons (Fsp3) is 0.882. The number of hydrogen-bond acceptors (Lipinski definition) is 2. The SMILES string of the molecule is CCCCCCCCCC(C=CCCC(F)(F)F)(OC)OC. The van der Waals surface area contributed by atoms with E-state index in [4.69, 9.17) is 9.47 Å². The molecular formula is C17H31F3O2. The molecule has 0 aliphatic heterocycles. The summed E-state index contributed by atoms with van der Waals surface area (Å²) in [6, 6.07) is 0. The molecule has 0 atom stereocenters. The molecule has 0 fully saturated rings. The van der Waals surface area contributed by atoms with Crippen molar-refractivity contribution < 1.29 is 22.6 Å². The van der Waals surface area contributed by atoms with Crippen molar-refractivity contribution in [3.63, 3.8) is 0 Å². The van der Waals surface area contributed by atoms with E-state index in [9.17, 15) is 13.2 Å². The van der Waals surface area contributed by atoms with E-state index < -0.39 is 18.4 Å². The van der Waals surface area contributed by atoms with Crippen molar-refractivity contribution in [2.75, 3.05) is 14.2 Å². The highest BCUT2D eigenvalue weighted by Gasteiger charge is 2.27. The first-order valence-corrected chi connectivity index (χ1v) is 8.24. The number of methoxy groups -OCH3 is 2. The van der Waals surface area contributed by atoms with E-state index in [2.05, 4.69) is 6.92 Å². The van der Waals surface area contributed by atoms with Crippen LogP contribution in [0.2, 0.25) is 0 Å². The number of hydrogen-bond donors (Lipinski definition) is 0. The third-order valence-corrected chi connectivity index (χ3v) is 3.79. The van der Waals surface area contributed by atoms with E-state index in [-0.39, 0.29) is 6.42 Å². The van der Waals surface area contributed by atoms with Gasteiger partial charge in [-0.3, -0.25) is 0 Å². The fourth-order valence-electron chi connectivity index (χ4n) is 2.35. The minimum Gasteiger partial charge on any atom is -0.350 e. The van der Waals surface area contributed by atoms with Gasteiger partial charge in [0.25, 0.3) is 0 Å². The molecule has 0 heterocycles. The van der Waals surface area contributed by atoms with Crippen LogP contribution in [0.1, 0.15) is 71.1 Å². The van der Waals surface area contributed by atoms with Crippen molar-refractivity contribution in [3.05, 3.63) is 12.2 Å². The Kier molecular flexibility index (Phi) is 11.6. The van der Waals surface area contributed by atoms with Crippen LogP contribution in [0.4, 0.5) is 13.2 Å². The number of rotatable bonds is 13. The van der Waals surface area contributed by atoms with Gasteiger partial charge in [0, 0.05) is 27.1 Å². The molecule has 0 unspecified atom stereocenters. The third-order valence-electron chi connectivity index (χ3n) is 3.79. The predicted octanol–water partition coefficient (Wildman–Crippen LogP) is 6.01. The molecule has 0 radical (unpaired) electrons. The zero-order valence-corrected chi connectivity index (χ0v) is 14.2. The predicted molar refractivity (Wildman–Crippen MR) is 83.8 cm³/mol. The molecule has 0 aromatic carbocycles. The molecule has 0 bridgehead atoms. The summed E-state index contributed by atoms with van der Waals surface area (Å²) < 4.78 is 47.1. The highest BCUT2D eigenvalue weighted by Crippen LogP contribution is 2.25. The lowest BCUT2D eigenvalue weighted by Gasteiger charge is -2.27. The standard InChI is InChI=1S/C17H31F3O2/c1-4-5-6-7-8-9-10-13-16(21-2,22-3)14-11-12-15-17(18,19)20/h11,14H,4-10,12-13,15H2,1-3H3. The van der Waals surface area contributed by atoms with Gasteiger partial charge in [-0.25, -0.2) is 0 Å². The minimum absolute atomic E-state index is 0.0466. The Bertz CT molecular complexity index is 284. The molecule has 0 saturated heterocycles. The van der Waals surface area contributed by atoms with Crippen LogP contribution in [-0.2, 0) is 9.47 Å². The van der Waals surface area contributed by atoms with Gasteiger partial charge in [0.15, 0.2) is 5.79 Å². The maximum Gasteiger partial charge on any atom is 0.389 e. The van der Waals surface area contributed by atoms with Gasteiger partial charge < -0.3 is 9.47 Å². The maximum absolute atomic E-state index is 12.1. The quantitative estimate of drug-likeness (QED) is 0.234. The van der Waals surface area contributed by atoms with Gasteiger partial charge in [0.05, 0.1) is 0 Å². The van der Waals surface area contributed by atoms with Crippen molar-refractivity contribution in [2.24, 2.45) is 0 Å². The van der Waals surface area contributed by atoms with Crippen LogP contribution in [-0.4, -0.2) is 26.2 Å². The Hall–Kier alpha value is -0.550. The largest absolute Gasteiger partial charge is 0.389 e. The molecule has 0 N–H and O–H groups in total. The van der Waals surface area contributed by atoms with Crippen molar-refractivity contribution in [2.45, 2.75) is 83.1 Å². The highest BCUT2D eigenvalue weighted by atomic mass is 19.4. The van der Waals surface area contributed by atoms with E-state index >= 15 is 0 Å². The molecule has 0 saturated carbocycles. The van der Waals surface area contributed by atoms with Gasteiger partial charge in [-0.05, 0) is 18.9 Å². The summed E-state index contributed by atoms with van der Waals surface area (Å²) in [7, 11) is 3.05. The summed E-state index contributed by atoms with van der Waals surface area (Å²) in [4.78, 5) is 0. The van der Waals surface area contributed by atoms with Gasteiger partial charge in [-0.15, -0.1) is 0 Å². The lowest BCUT2D eigenvalue weighted by Crippen LogP contribution is -2.31. The topological polar surface area (TPSA) is 18.5 Å². The summed E-state index contributed by atoms with van der Waals surface area (Å²) in [6.07, 6.45) is 7.04. The van der Waals surface area contributed by atoms with Gasteiger partial charge in [-0.1, -0.05) is 51.5 Å². The molecule has 132 valence electrons. The zero-order chi connectivity index (χ0) is 16.9. The second-order valence-corrected chi connectivity index (χ2v) is 5.65. The van der Waals surface area contributed by atoms with Crippen LogP contribution in [0.3, 0.4) is 0 Å². The third kappa shape index (κ3) is 11.1. The summed E-state index contributed by atoms with van der Waals surface area (Å²) >= 11 is 0. The average molecular weight is 324 g/mol. The van der Waals surface area contributed by atoms with Crippen LogP contribution < -0.4 is 0 Å². The van der Waals surface area contributed by atoms with Crippen molar-refractivity contribution in [3.8, 4) is 0 Å². The lowest BCUT2D eigenvalue weighted by atomic mass is 10.0. The number of halogens is 3. The molecule has 5 heteroatoms. The van der Waals surface area contributed by atoms with Crippen molar-refractivity contribution in [1.82, 2.24) is 0 Å². The molecule has 0 amide bonds. The molecule has 22 heavy (non-hydrogen) atoms. The minimum atomic E-state index is -4.12. The highest BCUT2D eigenvalue weighted by molar-refractivity contribution is 4.96. The van der Waals surface area contributed by atoms with Gasteiger partial charge in [-0.2, -0.15) is 13.2 Å². The first-order valence-electron chi connectivity index (χ1n) is 8.24. The lowest BCUT2D eigenvalue weighted by molar-refractivity contribution is -0.175. The Morgan fingerprint density at radius 3 is 1.86 bits per heavy atom. The summed E-state index contributed by atoms with van der Waals surface area (Å²) in [5.41, 5.74) is 0. The van der Waals surface area contributed by atoms with Crippen LogP contribution in [0.15, 0.2) is 12.2 Å². The van der Waals surface area contributed by atoms with E-state index in [0.29, 0.717) is 6.42 Å². The second-order valence-electron chi connectivity index (χ2n) is 5.65. The Morgan fingerprint density at radius 1 is 0.818 bits per heavy atom. The fourth-order valence-corrected chi connectivity index (χ4v) is 2.35. The summed E-state index contributed by atoms with van der Waals surface area (Å²) in [6.45, 7) is 2.19. The zero-order valence-electron chi connectivity index (χ0n) is 14.2. The molecule has 0 rings (SSSR count). The first kappa shape index (κ1) is 21.4. The number of ether oxygens (including phenoxy) is 2. The Balaban J connectivity index is 4.07. The van der Waals surface area contributed by atoms with Crippen LogP contribution in [0.25, 0.3) is 0 Å². The molecular weight excluding hydrogens is 293 g/mol. The Morgan fingerprint density at radius 2 is 1.36 bits per heavy atom. The van der Waals surface area contributed by atoms with Crippen LogP contribution >= 0.6 is 0 Å².